The van der Waals surface area contributed by atoms with E-state index in [1.54, 1.807) is 0 Å². The van der Waals surface area contributed by atoms with Gasteiger partial charge in [-0.3, -0.25) is 0 Å². The summed E-state index contributed by atoms with van der Waals surface area (Å²) < 4.78 is 8.97. The Labute approximate surface area is 373 Å². The van der Waals surface area contributed by atoms with Gasteiger partial charge in [0.15, 0.2) is 0 Å². The van der Waals surface area contributed by atoms with Gasteiger partial charge < -0.3 is 19.1 Å². The number of rotatable bonds is 6. The van der Waals surface area contributed by atoms with Crippen LogP contribution >= 0.6 is 0 Å². The van der Waals surface area contributed by atoms with Crippen LogP contribution in [0.1, 0.15) is 26.3 Å². The smallest absolute Gasteiger partial charge is 0.135 e. The fourth-order valence-electron chi connectivity index (χ4n) is 9.23. The largest absolute Gasteiger partial charge is 0.509 e. The molecule has 0 amide bonds. The average Bonchev–Trinajstić information content (AvgIpc) is 3.82. The SMILES string of the molecule is CC(C)(C)c1ccnc(-n2c3[c-]c(Oc4[c-]c5c(cc4)[Si](C)(C)c4cccc6c4N5[CH-]N6c4c(-c5ccccc5)cccc4-c4ccccc4)ccc3c3ccccc32)c1.[Pt]. The first-order valence-corrected chi connectivity index (χ1v) is 23.6. The predicted molar refractivity (Wildman–Crippen MR) is 251 cm³/mol. The van der Waals surface area contributed by atoms with Gasteiger partial charge in [0.05, 0.1) is 8.07 Å². The van der Waals surface area contributed by atoms with Crippen molar-refractivity contribution >= 4 is 63.0 Å². The predicted octanol–water partition coefficient (Wildman–Crippen LogP) is 12.7. The van der Waals surface area contributed by atoms with E-state index in [1.807, 2.05) is 12.3 Å². The number of benzene rings is 7. The summed E-state index contributed by atoms with van der Waals surface area (Å²) in [5.41, 5.74) is 12.5. The zero-order chi connectivity index (χ0) is 40.8. The van der Waals surface area contributed by atoms with Crippen molar-refractivity contribution in [1.29, 1.82) is 0 Å². The van der Waals surface area contributed by atoms with Crippen molar-refractivity contribution in [3.05, 3.63) is 188 Å². The maximum atomic E-state index is 6.77. The van der Waals surface area contributed by atoms with Crippen LogP contribution < -0.4 is 24.9 Å². The maximum Gasteiger partial charge on any atom is 0.135 e. The molecule has 0 radical (unpaired) electrons. The van der Waals surface area contributed by atoms with Gasteiger partial charge in [-0.1, -0.05) is 154 Å². The molecule has 7 aromatic carbocycles. The number of pyridine rings is 1. The molecule has 7 heteroatoms. The van der Waals surface area contributed by atoms with Gasteiger partial charge in [0.2, 0.25) is 0 Å². The molecule has 11 rings (SSSR count). The fraction of sp³-hybridized carbons (Fsp3) is 0.111. The minimum atomic E-state index is -2.18. The van der Waals surface area contributed by atoms with Gasteiger partial charge in [0, 0.05) is 72.5 Å². The van der Waals surface area contributed by atoms with Crippen molar-refractivity contribution in [1.82, 2.24) is 9.55 Å². The number of hydrogen-bond donors (Lipinski definition) is 0. The Bertz CT molecular complexity index is 3080. The molecule has 2 aliphatic heterocycles. The molecule has 0 saturated carbocycles. The molecule has 302 valence electrons. The fourth-order valence-corrected chi connectivity index (χ4v) is 12.1. The van der Waals surface area contributed by atoms with Crippen molar-refractivity contribution in [2.24, 2.45) is 0 Å². The number of anilines is 4. The zero-order valence-electron chi connectivity index (χ0n) is 34.7. The summed E-state index contributed by atoms with van der Waals surface area (Å²) in [5, 5.41) is 4.98. The van der Waals surface area contributed by atoms with Crippen LogP contribution in [0.25, 0.3) is 49.9 Å². The van der Waals surface area contributed by atoms with E-state index in [1.165, 1.54) is 43.9 Å². The third kappa shape index (κ3) is 6.35. The van der Waals surface area contributed by atoms with Gasteiger partial charge in [-0.25, -0.2) is 4.98 Å². The molecule has 0 unspecified atom stereocenters. The first kappa shape index (κ1) is 39.0. The van der Waals surface area contributed by atoms with Crippen molar-refractivity contribution in [2.45, 2.75) is 39.3 Å². The van der Waals surface area contributed by atoms with Gasteiger partial charge in [-0.15, -0.1) is 41.5 Å². The first-order valence-electron chi connectivity index (χ1n) is 20.6. The molecule has 4 heterocycles. The summed E-state index contributed by atoms with van der Waals surface area (Å²) in [6, 6.07) is 63.7. The molecule has 0 N–H and O–H groups in total. The Morgan fingerprint density at radius 1 is 0.607 bits per heavy atom. The van der Waals surface area contributed by atoms with Crippen LogP contribution in [0.3, 0.4) is 0 Å². The number of para-hydroxylation sites is 3. The molecule has 2 aliphatic rings. The molecule has 0 bridgehead atoms. The van der Waals surface area contributed by atoms with E-state index in [2.05, 4.69) is 219 Å². The van der Waals surface area contributed by atoms with Crippen LogP contribution in [0.2, 0.25) is 13.1 Å². The second-order valence-electron chi connectivity index (χ2n) is 17.4. The van der Waals surface area contributed by atoms with Gasteiger partial charge >= 0.3 is 0 Å². The number of aromatic nitrogens is 2. The van der Waals surface area contributed by atoms with E-state index < -0.39 is 8.07 Å². The second-order valence-corrected chi connectivity index (χ2v) is 21.7. The van der Waals surface area contributed by atoms with Crippen LogP contribution in [-0.2, 0) is 26.5 Å². The van der Waals surface area contributed by atoms with Gasteiger partial charge in [-0.2, -0.15) is 12.1 Å². The third-order valence-electron chi connectivity index (χ3n) is 12.3. The molecule has 0 fully saturated rings. The molecule has 9 aromatic rings. The van der Waals surface area contributed by atoms with Crippen molar-refractivity contribution in [2.75, 3.05) is 9.80 Å². The molecule has 2 aromatic heterocycles. The van der Waals surface area contributed by atoms with Gasteiger partial charge in [0.1, 0.15) is 5.82 Å². The maximum absolute atomic E-state index is 6.77. The summed E-state index contributed by atoms with van der Waals surface area (Å²) in [7, 11) is -2.18. The van der Waals surface area contributed by atoms with Crippen LogP contribution in [-0.4, -0.2) is 17.6 Å². The Kier molecular flexibility index (Phi) is 9.43. The standard InChI is InChI=1S/C54H43N4OSi.Pt/c1-54(2,3)38-30-31-55-51(32-38)58-45-23-13-12-20-43(45)44-28-26-39(33-47(44)58)59-40-27-29-49-48(34-40)57-35-56(46-24-15-25-50(53(46)57)60(49,4)5)52-41(36-16-8-6-9-17-36)21-14-22-42(52)37-18-10-7-11-19-37;/h6-32,35H,1-5H3;/q-3;. The molecular formula is C54H43N4OPtSi-3. The van der Waals surface area contributed by atoms with E-state index in [9.17, 15) is 0 Å². The monoisotopic (exact) mass is 986 g/mol. The summed E-state index contributed by atoms with van der Waals surface area (Å²) >= 11 is 0. The van der Waals surface area contributed by atoms with E-state index in [0.29, 0.717) is 11.5 Å². The van der Waals surface area contributed by atoms with Crippen molar-refractivity contribution < 1.29 is 25.8 Å². The quantitative estimate of drug-likeness (QED) is 0.123. The van der Waals surface area contributed by atoms with Crippen LogP contribution in [0, 0.1) is 18.8 Å². The number of nitrogens with zero attached hydrogens (tertiary/aromatic N) is 4. The van der Waals surface area contributed by atoms with Crippen molar-refractivity contribution in [3.63, 3.8) is 0 Å². The van der Waals surface area contributed by atoms with E-state index in [-0.39, 0.29) is 26.5 Å². The van der Waals surface area contributed by atoms with Gasteiger partial charge in [0.25, 0.3) is 0 Å². The first-order chi connectivity index (χ1) is 29.1. The van der Waals surface area contributed by atoms with Gasteiger partial charge in [-0.05, 0) is 56.9 Å². The van der Waals surface area contributed by atoms with Crippen LogP contribution in [0.5, 0.6) is 11.5 Å². The molecule has 0 atom stereocenters. The second kappa shape index (κ2) is 14.8. The van der Waals surface area contributed by atoms with Crippen molar-refractivity contribution in [3.8, 4) is 39.6 Å². The number of hydrogen-bond acceptors (Lipinski definition) is 4. The topological polar surface area (TPSA) is 33.5 Å². The normalized spacial score (nSPS) is 13.9. The summed E-state index contributed by atoms with van der Waals surface area (Å²) in [6.07, 6.45) is 1.91. The molecule has 0 saturated heterocycles. The third-order valence-corrected chi connectivity index (χ3v) is 15.8. The Morgan fingerprint density at radius 3 is 1.98 bits per heavy atom. The molecule has 61 heavy (non-hydrogen) atoms. The minimum absolute atomic E-state index is 0. The van der Waals surface area contributed by atoms with E-state index in [0.717, 1.165) is 44.7 Å². The van der Waals surface area contributed by atoms with Crippen LogP contribution in [0.15, 0.2) is 164 Å². The molecule has 5 nitrogen and oxygen atoms in total. The van der Waals surface area contributed by atoms with E-state index in [4.69, 9.17) is 9.72 Å². The number of ether oxygens (including phenoxy) is 1. The minimum Gasteiger partial charge on any atom is -0.509 e. The molecule has 0 aliphatic carbocycles. The number of fused-ring (bicyclic) bond motifs is 5. The van der Waals surface area contributed by atoms with Crippen LogP contribution in [0.4, 0.5) is 22.7 Å². The zero-order valence-corrected chi connectivity index (χ0v) is 38.0. The average molecular weight is 987 g/mol. The molecular weight excluding hydrogens is 944 g/mol. The Morgan fingerprint density at radius 2 is 1.26 bits per heavy atom. The summed E-state index contributed by atoms with van der Waals surface area (Å²) in [4.78, 5) is 9.62. The Hall–Kier alpha value is -6.20. The summed E-state index contributed by atoms with van der Waals surface area (Å²) in [5.74, 6) is 2.13. The molecule has 0 spiro atoms. The Balaban J connectivity index is 0.00000445. The summed E-state index contributed by atoms with van der Waals surface area (Å²) in [6.45, 7) is 13.9. The van der Waals surface area contributed by atoms with E-state index >= 15 is 0 Å².